The Morgan fingerprint density at radius 2 is 1.81 bits per heavy atom. The minimum absolute atomic E-state index is 0.225. The van der Waals surface area contributed by atoms with Gasteiger partial charge in [-0.2, -0.15) is 13.2 Å². The molecule has 0 amide bonds. The van der Waals surface area contributed by atoms with Crippen molar-refractivity contribution in [2.75, 3.05) is 23.7 Å². The number of anilines is 2. The number of hydrogen-bond acceptors (Lipinski definition) is 7. The Kier molecular flexibility index (Phi) is 6.64. The molecule has 0 saturated heterocycles. The summed E-state index contributed by atoms with van der Waals surface area (Å²) < 4.78 is 43.8. The van der Waals surface area contributed by atoms with Crippen molar-refractivity contribution in [3.63, 3.8) is 0 Å². The van der Waals surface area contributed by atoms with Crippen LogP contribution in [0.5, 0.6) is 0 Å². The zero-order valence-electron chi connectivity index (χ0n) is 18.8. The van der Waals surface area contributed by atoms with Crippen LogP contribution >= 0.6 is 0 Å². The van der Waals surface area contributed by atoms with Gasteiger partial charge < -0.3 is 20.2 Å². The molecule has 0 aliphatic rings. The first-order chi connectivity index (χ1) is 14.8. The maximum absolute atomic E-state index is 12.7. The van der Waals surface area contributed by atoms with E-state index in [4.69, 9.17) is 9.40 Å². The van der Waals surface area contributed by atoms with E-state index < -0.39 is 18.8 Å². The van der Waals surface area contributed by atoms with Crippen LogP contribution in [0.25, 0.3) is 22.5 Å². The predicted molar refractivity (Wildman–Crippen MR) is 118 cm³/mol. The number of pyridine rings is 1. The van der Waals surface area contributed by atoms with Crippen LogP contribution in [-0.2, 0) is 5.41 Å². The predicted octanol–water partition coefficient (Wildman–Crippen LogP) is 5.05. The number of hydrogen-bond donors (Lipinski definition) is 3. The van der Waals surface area contributed by atoms with Gasteiger partial charge in [-0.3, -0.25) is 0 Å². The lowest BCUT2D eigenvalue weighted by atomic mass is 9.84. The Bertz CT molecular complexity index is 1090. The smallest absolute Gasteiger partial charge is 0.402 e. The van der Waals surface area contributed by atoms with Gasteiger partial charge in [0.05, 0.1) is 11.6 Å². The molecule has 0 saturated carbocycles. The van der Waals surface area contributed by atoms with Gasteiger partial charge in [0.2, 0.25) is 0 Å². The van der Waals surface area contributed by atoms with E-state index in [0.717, 1.165) is 16.5 Å². The molecule has 1 aromatic carbocycles. The topological polar surface area (TPSA) is 96.1 Å². The number of halogens is 3. The number of rotatable bonds is 7. The maximum atomic E-state index is 12.7. The minimum Gasteiger partial charge on any atom is -0.402 e. The molecule has 3 rings (SSSR count). The molecular formula is C22H28F3N5O2. The van der Waals surface area contributed by atoms with Crippen molar-refractivity contribution in [3.8, 4) is 11.6 Å². The lowest BCUT2D eigenvalue weighted by Crippen LogP contribution is -2.22. The van der Waals surface area contributed by atoms with Crippen molar-refractivity contribution in [3.05, 3.63) is 29.3 Å². The summed E-state index contributed by atoms with van der Waals surface area (Å²) in [4.78, 5) is 4.73. The van der Waals surface area contributed by atoms with Crippen LogP contribution in [0, 0.1) is 6.92 Å². The van der Waals surface area contributed by atoms with Crippen molar-refractivity contribution in [2.45, 2.75) is 58.7 Å². The average Bonchev–Trinajstić information content (AvgIpc) is 3.13. The van der Waals surface area contributed by atoms with E-state index in [9.17, 15) is 18.3 Å². The first kappa shape index (κ1) is 23.8. The summed E-state index contributed by atoms with van der Waals surface area (Å²) >= 11 is 0. The Balaban J connectivity index is 2.00. The molecule has 3 aromatic rings. The van der Waals surface area contributed by atoms with Crippen molar-refractivity contribution in [1.29, 1.82) is 0 Å². The Morgan fingerprint density at radius 1 is 1.09 bits per heavy atom. The van der Waals surface area contributed by atoms with Gasteiger partial charge >= 0.3 is 12.2 Å². The Morgan fingerprint density at radius 3 is 2.44 bits per heavy atom. The fraction of sp³-hybridized carbons (Fsp3) is 0.500. The third kappa shape index (κ3) is 5.87. The second kappa shape index (κ2) is 8.93. The number of aliphatic hydroxyl groups is 1. The van der Waals surface area contributed by atoms with Crippen LogP contribution in [0.3, 0.4) is 0 Å². The average molecular weight is 451 g/mol. The van der Waals surface area contributed by atoms with E-state index >= 15 is 0 Å². The van der Waals surface area contributed by atoms with Gasteiger partial charge in [-0.25, -0.2) is 4.98 Å². The van der Waals surface area contributed by atoms with Gasteiger partial charge in [0, 0.05) is 17.6 Å². The molecule has 0 aliphatic heterocycles. The molecule has 0 aliphatic carbocycles. The van der Waals surface area contributed by atoms with Crippen molar-refractivity contribution in [1.82, 2.24) is 15.2 Å². The summed E-state index contributed by atoms with van der Waals surface area (Å²) in [6.45, 7) is 8.87. The SMILES string of the molecule is Cc1cc(-c2nnc(NCC[C@@H](C)O)o2)nc2c(C(C)(C)C)cc(NCC(F)(F)F)cc12. The zero-order valence-corrected chi connectivity index (χ0v) is 18.8. The molecule has 10 heteroatoms. The Labute approximate surface area is 184 Å². The van der Waals surface area contributed by atoms with Crippen LogP contribution < -0.4 is 10.6 Å². The van der Waals surface area contributed by atoms with E-state index in [-0.39, 0.29) is 17.3 Å². The Hall–Kier alpha value is -2.88. The largest absolute Gasteiger partial charge is 0.405 e. The highest BCUT2D eigenvalue weighted by atomic mass is 19.4. The number of aromatic nitrogens is 3. The zero-order chi connectivity index (χ0) is 23.7. The van der Waals surface area contributed by atoms with Gasteiger partial charge in [-0.1, -0.05) is 25.9 Å². The molecule has 7 nitrogen and oxygen atoms in total. The highest BCUT2D eigenvalue weighted by molar-refractivity contribution is 5.90. The summed E-state index contributed by atoms with van der Waals surface area (Å²) in [6, 6.07) is 5.39. The molecule has 0 radical (unpaired) electrons. The molecule has 3 N–H and O–H groups in total. The van der Waals surface area contributed by atoms with Gasteiger partial charge in [-0.15, -0.1) is 5.10 Å². The van der Waals surface area contributed by atoms with Crippen molar-refractivity contribution < 1.29 is 22.7 Å². The monoisotopic (exact) mass is 451 g/mol. The number of aryl methyl sites for hydroxylation is 1. The number of aliphatic hydroxyl groups excluding tert-OH is 1. The van der Waals surface area contributed by atoms with Crippen LogP contribution in [-0.4, -0.2) is 45.7 Å². The van der Waals surface area contributed by atoms with Crippen LogP contribution in [0.4, 0.5) is 24.9 Å². The van der Waals surface area contributed by atoms with Gasteiger partial charge in [0.25, 0.3) is 5.89 Å². The molecule has 174 valence electrons. The lowest BCUT2D eigenvalue weighted by Gasteiger charge is -2.23. The molecular weight excluding hydrogens is 423 g/mol. The van der Waals surface area contributed by atoms with E-state index in [1.807, 2.05) is 27.7 Å². The first-order valence-electron chi connectivity index (χ1n) is 10.4. The number of nitrogens with one attached hydrogen (secondary N) is 2. The quantitative estimate of drug-likeness (QED) is 0.463. The molecule has 0 bridgehead atoms. The van der Waals surface area contributed by atoms with Crippen LogP contribution in [0.1, 0.15) is 45.2 Å². The van der Waals surface area contributed by atoms with Gasteiger partial charge in [0.1, 0.15) is 12.2 Å². The fourth-order valence-electron chi connectivity index (χ4n) is 3.26. The summed E-state index contributed by atoms with van der Waals surface area (Å²) in [7, 11) is 0. The first-order valence-corrected chi connectivity index (χ1v) is 10.4. The van der Waals surface area contributed by atoms with E-state index in [2.05, 4.69) is 20.8 Å². The van der Waals surface area contributed by atoms with E-state index in [1.165, 1.54) is 0 Å². The van der Waals surface area contributed by atoms with E-state index in [1.54, 1.807) is 25.1 Å². The third-order valence-corrected chi connectivity index (χ3v) is 4.90. The third-order valence-electron chi connectivity index (χ3n) is 4.90. The normalized spacial score (nSPS) is 13.4. The minimum atomic E-state index is -4.31. The molecule has 32 heavy (non-hydrogen) atoms. The van der Waals surface area contributed by atoms with Crippen LogP contribution in [0.15, 0.2) is 22.6 Å². The standard InChI is InChI=1S/C22H28F3N5O2/c1-12-8-17(19-29-30-20(32-19)26-7-6-13(2)31)28-18-15(12)9-14(27-11-22(23,24)25)10-16(18)21(3,4)5/h8-10,13,27,31H,6-7,11H2,1-5H3,(H,26,30)/t13-/m1/s1. The molecule has 0 fully saturated rings. The summed E-state index contributed by atoms with van der Waals surface area (Å²) in [5.41, 5.74) is 2.81. The number of nitrogens with zero attached hydrogens (tertiary/aromatic N) is 3. The number of benzene rings is 1. The molecule has 2 heterocycles. The second-order valence-electron chi connectivity index (χ2n) is 8.94. The highest BCUT2D eigenvalue weighted by Crippen LogP contribution is 2.35. The highest BCUT2D eigenvalue weighted by Gasteiger charge is 2.27. The van der Waals surface area contributed by atoms with Gasteiger partial charge in [0.15, 0.2) is 0 Å². The van der Waals surface area contributed by atoms with Crippen LogP contribution in [0.2, 0.25) is 0 Å². The number of alkyl halides is 3. The molecule has 0 unspecified atom stereocenters. The maximum Gasteiger partial charge on any atom is 0.405 e. The summed E-state index contributed by atoms with van der Waals surface area (Å²) in [5.74, 6) is 0.230. The fourth-order valence-corrected chi connectivity index (χ4v) is 3.26. The lowest BCUT2D eigenvalue weighted by molar-refractivity contribution is -0.115. The van der Waals surface area contributed by atoms with Gasteiger partial charge in [-0.05, 0) is 55.0 Å². The summed E-state index contributed by atoms with van der Waals surface area (Å²) in [5, 5.41) is 23.6. The summed E-state index contributed by atoms with van der Waals surface area (Å²) in [6.07, 6.45) is -4.22. The van der Waals surface area contributed by atoms with Crippen molar-refractivity contribution in [2.24, 2.45) is 0 Å². The van der Waals surface area contributed by atoms with Crippen molar-refractivity contribution >= 4 is 22.6 Å². The molecule has 0 spiro atoms. The van der Waals surface area contributed by atoms with E-state index in [0.29, 0.717) is 29.9 Å². The molecule has 2 aromatic heterocycles. The number of fused-ring (bicyclic) bond motifs is 1. The second-order valence-corrected chi connectivity index (χ2v) is 8.94. The molecule has 1 atom stereocenters.